The van der Waals surface area contributed by atoms with Gasteiger partial charge in [-0.2, -0.15) is 0 Å². The summed E-state index contributed by atoms with van der Waals surface area (Å²) in [5.74, 6) is 1.31. The SMILES string of the molecule is Cc1cc(Oc2nc(C=N)ccc2-c2ncc(CN)cn2)cc(-c2ccccn2)n1. The van der Waals surface area contributed by atoms with E-state index in [9.17, 15) is 0 Å². The zero-order chi connectivity index (χ0) is 20.9. The van der Waals surface area contributed by atoms with Gasteiger partial charge >= 0.3 is 0 Å². The lowest BCUT2D eigenvalue weighted by atomic mass is 10.2. The molecule has 0 unspecified atom stereocenters. The molecule has 0 atom stereocenters. The number of aryl methyl sites for hydroxylation is 1. The summed E-state index contributed by atoms with van der Waals surface area (Å²) in [5.41, 5.74) is 9.75. The molecule has 3 N–H and O–H groups in total. The average Bonchev–Trinajstić information content (AvgIpc) is 2.79. The molecule has 0 saturated carbocycles. The van der Waals surface area contributed by atoms with E-state index in [4.69, 9.17) is 15.9 Å². The third-order valence-electron chi connectivity index (χ3n) is 4.28. The number of pyridine rings is 3. The molecule has 0 radical (unpaired) electrons. The maximum absolute atomic E-state index is 7.52. The number of nitrogens with zero attached hydrogens (tertiary/aromatic N) is 5. The van der Waals surface area contributed by atoms with Gasteiger partial charge in [0.25, 0.3) is 0 Å². The number of nitrogens with one attached hydrogen (secondary N) is 1. The lowest BCUT2D eigenvalue weighted by Crippen LogP contribution is -2.01. The van der Waals surface area contributed by atoms with E-state index in [1.807, 2.05) is 31.2 Å². The Morgan fingerprint density at radius 2 is 1.83 bits per heavy atom. The number of nitrogens with two attached hydrogens (primary N) is 1. The molecule has 4 aromatic heterocycles. The Bertz CT molecular complexity index is 1180. The second-order valence-electron chi connectivity index (χ2n) is 6.50. The van der Waals surface area contributed by atoms with Crippen LogP contribution in [0.4, 0.5) is 0 Å². The van der Waals surface area contributed by atoms with Crippen LogP contribution in [0, 0.1) is 12.3 Å². The minimum atomic E-state index is 0.300. The van der Waals surface area contributed by atoms with Crippen molar-refractivity contribution in [2.45, 2.75) is 13.5 Å². The van der Waals surface area contributed by atoms with E-state index in [1.165, 1.54) is 0 Å². The van der Waals surface area contributed by atoms with Gasteiger partial charge in [-0.15, -0.1) is 0 Å². The van der Waals surface area contributed by atoms with Gasteiger partial charge in [-0.3, -0.25) is 9.97 Å². The molecule has 4 aromatic rings. The van der Waals surface area contributed by atoms with Crippen molar-refractivity contribution in [2.24, 2.45) is 5.73 Å². The molecule has 0 bridgehead atoms. The van der Waals surface area contributed by atoms with E-state index < -0.39 is 0 Å². The lowest BCUT2D eigenvalue weighted by molar-refractivity contribution is 0.463. The topological polar surface area (TPSA) is 124 Å². The molecule has 4 heterocycles. The molecule has 0 aliphatic rings. The Kier molecular flexibility index (Phi) is 5.49. The van der Waals surface area contributed by atoms with Crippen molar-refractivity contribution in [3.63, 3.8) is 0 Å². The van der Waals surface area contributed by atoms with Gasteiger partial charge in [0.05, 0.1) is 22.6 Å². The zero-order valence-electron chi connectivity index (χ0n) is 16.3. The van der Waals surface area contributed by atoms with Crippen LogP contribution in [0.3, 0.4) is 0 Å². The number of ether oxygens (including phenoxy) is 1. The normalized spacial score (nSPS) is 10.6. The van der Waals surface area contributed by atoms with Crippen molar-refractivity contribution < 1.29 is 4.74 Å². The van der Waals surface area contributed by atoms with Crippen LogP contribution >= 0.6 is 0 Å². The van der Waals surface area contributed by atoms with Gasteiger partial charge < -0.3 is 15.9 Å². The van der Waals surface area contributed by atoms with Gasteiger partial charge in [0.1, 0.15) is 5.75 Å². The van der Waals surface area contributed by atoms with Gasteiger partial charge in [-0.1, -0.05) is 6.07 Å². The summed E-state index contributed by atoms with van der Waals surface area (Å²) in [7, 11) is 0. The van der Waals surface area contributed by atoms with E-state index >= 15 is 0 Å². The Balaban J connectivity index is 1.75. The Labute approximate surface area is 173 Å². The van der Waals surface area contributed by atoms with Gasteiger partial charge in [-0.05, 0) is 31.2 Å². The molecule has 30 heavy (non-hydrogen) atoms. The first kappa shape index (κ1) is 19.3. The molecule has 0 spiro atoms. The van der Waals surface area contributed by atoms with E-state index in [0.29, 0.717) is 40.9 Å². The summed E-state index contributed by atoms with van der Waals surface area (Å²) < 4.78 is 6.12. The standard InChI is InChI=1S/C22H19N7O/c1-14-8-17(9-20(28-14)19-4-2-3-7-25-19)30-22-18(6-5-16(11-24)29-22)21-26-12-15(10-23)13-27-21/h2-9,11-13,24H,10,23H2,1H3. The van der Waals surface area contributed by atoms with Crippen LogP contribution in [0.1, 0.15) is 17.0 Å². The zero-order valence-corrected chi connectivity index (χ0v) is 16.3. The summed E-state index contributed by atoms with van der Waals surface area (Å²) in [5, 5.41) is 7.52. The van der Waals surface area contributed by atoms with Crippen LogP contribution in [-0.4, -0.2) is 31.1 Å². The predicted octanol–water partition coefficient (Wildman–Crippen LogP) is 3.55. The van der Waals surface area contributed by atoms with Crippen molar-refractivity contribution in [3.8, 4) is 34.4 Å². The van der Waals surface area contributed by atoms with Crippen LogP contribution in [0.15, 0.2) is 61.1 Å². The van der Waals surface area contributed by atoms with Crippen molar-refractivity contribution in [2.75, 3.05) is 0 Å². The minimum Gasteiger partial charge on any atom is -0.438 e. The second kappa shape index (κ2) is 8.54. The summed E-state index contributed by atoms with van der Waals surface area (Å²) in [6, 6.07) is 12.8. The summed E-state index contributed by atoms with van der Waals surface area (Å²) in [4.78, 5) is 22.1. The first-order valence-electron chi connectivity index (χ1n) is 9.27. The average molecular weight is 397 g/mol. The van der Waals surface area contributed by atoms with Crippen LogP contribution in [0.5, 0.6) is 11.6 Å². The summed E-state index contributed by atoms with van der Waals surface area (Å²) in [6.45, 7) is 2.25. The van der Waals surface area contributed by atoms with E-state index in [1.54, 1.807) is 36.8 Å². The largest absolute Gasteiger partial charge is 0.438 e. The van der Waals surface area contributed by atoms with Crippen molar-refractivity contribution >= 4 is 6.21 Å². The quantitative estimate of drug-likeness (QED) is 0.477. The lowest BCUT2D eigenvalue weighted by Gasteiger charge is -2.12. The molecule has 0 aromatic carbocycles. The summed E-state index contributed by atoms with van der Waals surface area (Å²) in [6.07, 6.45) is 6.22. The van der Waals surface area contributed by atoms with Gasteiger partial charge in [0, 0.05) is 54.7 Å². The van der Waals surface area contributed by atoms with Gasteiger partial charge in [0.2, 0.25) is 5.88 Å². The fourth-order valence-electron chi connectivity index (χ4n) is 2.84. The van der Waals surface area contributed by atoms with Gasteiger partial charge in [-0.25, -0.2) is 15.0 Å². The van der Waals surface area contributed by atoms with Crippen LogP contribution < -0.4 is 10.5 Å². The van der Waals surface area contributed by atoms with Crippen molar-refractivity contribution in [1.82, 2.24) is 24.9 Å². The van der Waals surface area contributed by atoms with Crippen molar-refractivity contribution in [1.29, 1.82) is 5.41 Å². The molecule has 0 aliphatic heterocycles. The first-order chi connectivity index (χ1) is 14.7. The van der Waals surface area contributed by atoms with Crippen molar-refractivity contribution in [3.05, 3.63) is 78.0 Å². The molecule has 0 amide bonds. The molecule has 0 saturated heterocycles. The third-order valence-corrected chi connectivity index (χ3v) is 4.28. The molecular formula is C22H19N7O. The van der Waals surface area contributed by atoms with Crippen LogP contribution in [0.2, 0.25) is 0 Å². The molecular weight excluding hydrogens is 378 g/mol. The fourth-order valence-corrected chi connectivity index (χ4v) is 2.84. The maximum Gasteiger partial charge on any atom is 0.230 e. The summed E-state index contributed by atoms with van der Waals surface area (Å²) >= 11 is 0. The first-order valence-corrected chi connectivity index (χ1v) is 9.27. The molecule has 0 fully saturated rings. The number of aromatic nitrogens is 5. The number of rotatable bonds is 6. The minimum absolute atomic E-state index is 0.300. The number of hydrogen-bond donors (Lipinski definition) is 2. The highest BCUT2D eigenvalue weighted by atomic mass is 16.5. The smallest absolute Gasteiger partial charge is 0.230 e. The second-order valence-corrected chi connectivity index (χ2v) is 6.50. The number of hydrogen-bond acceptors (Lipinski definition) is 8. The highest BCUT2D eigenvalue weighted by molar-refractivity contribution is 5.76. The molecule has 148 valence electrons. The van der Waals surface area contributed by atoms with E-state index in [-0.39, 0.29) is 0 Å². The predicted molar refractivity (Wildman–Crippen MR) is 113 cm³/mol. The Morgan fingerprint density at radius 3 is 2.53 bits per heavy atom. The third kappa shape index (κ3) is 4.18. The van der Waals surface area contributed by atoms with Crippen LogP contribution in [0.25, 0.3) is 22.8 Å². The van der Waals surface area contributed by atoms with Crippen LogP contribution in [-0.2, 0) is 6.54 Å². The Morgan fingerprint density at radius 1 is 1.00 bits per heavy atom. The monoisotopic (exact) mass is 397 g/mol. The maximum atomic E-state index is 7.52. The van der Waals surface area contributed by atoms with E-state index in [2.05, 4.69) is 24.9 Å². The fraction of sp³-hybridized carbons (Fsp3) is 0.0909. The molecule has 8 heteroatoms. The molecule has 8 nitrogen and oxygen atoms in total. The van der Waals surface area contributed by atoms with Gasteiger partial charge in [0.15, 0.2) is 5.82 Å². The highest BCUT2D eigenvalue weighted by Gasteiger charge is 2.14. The molecule has 0 aliphatic carbocycles. The molecule has 4 rings (SSSR count). The highest BCUT2D eigenvalue weighted by Crippen LogP contribution is 2.31. The van der Waals surface area contributed by atoms with E-state index in [0.717, 1.165) is 23.2 Å². The Hall–Kier alpha value is -4.04.